The second kappa shape index (κ2) is 8.88. The molecule has 0 amide bonds. The largest absolute Gasteiger partial charge is 0.379 e. The highest BCUT2D eigenvalue weighted by molar-refractivity contribution is 6.30. The first-order valence-electron chi connectivity index (χ1n) is 10.0. The van der Waals surface area contributed by atoms with E-state index in [0.717, 1.165) is 63.0 Å². The van der Waals surface area contributed by atoms with Crippen molar-refractivity contribution >= 4 is 24.0 Å². The molecule has 5 rings (SSSR count). The standard InChI is InChI=1S/C23H24ClN3O.ClH/c24-19-8-6-17(7-9-19)23-21-16-18-4-1-2-5-20(18)22(21)25-27(23)11-3-10-26-12-14-28-15-13-26;/h1-2,4-9H,3,10-16H2;1H. The molecule has 6 heteroatoms. The molecule has 0 N–H and O–H groups in total. The van der Waals surface area contributed by atoms with Gasteiger partial charge in [0.1, 0.15) is 0 Å². The predicted octanol–water partition coefficient (Wildman–Crippen LogP) is 4.92. The van der Waals surface area contributed by atoms with Crippen LogP contribution in [0.2, 0.25) is 5.02 Å². The molecule has 0 bridgehead atoms. The SMILES string of the molecule is Cl.Clc1ccc(-c2c3c(nn2CCCN2CCOCC2)-c2ccccc2C3)cc1. The normalized spacial score (nSPS) is 15.6. The average molecular weight is 430 g/mol. The lowest BCUT2D eigenvalue weighted by Gasteiger charge is -2.26. The van der Waals surface area contributed by atoms with E-state index in [2.05, 4.69) is 46.0 Å². The zero-order valence-electron chi connectivity index (χ0n) is 16.3. The fourth-order valence-electron chi connectivity index (χ4n) is 4.34. The maximum atomic E-state index is 6.13. The summed E-state index contributed by atoms with van der Waals surface area (Å²) in [4.78, 5) is 2.48. The van der Waals surface area contributed by atoms with Gasteiger partial charge >= 0.3 is 0 Å². The second-order valence-electron chi connectivity index (χ2n) is 7.55. The topological polar surface area (TPSA) is 30.3 Å². The number of hydrogen-bond donors (Lipinski definition) is 0. The second-order valence-corrected chi connectivity index (χ2v) is 7.98. The minimum atomic E-state index is 0. The molecule has 3 aromatic rings. The van der Waals surface area contributed by atoms with Gasteiger partial charge in [0, 0.05) is 54.3 Å². The highest BCUT2D eigenvalue weighted by Crippen LogP contribution is 2.41. The van der Waals surface area contributed by atoms with Gasteiger partial charge in [-0.05, 0) is 24.1 Å². The van der Waals surface area contributed by atoms with Gasteiger partial charge in [-0.15, -0.1) is 12.4 Å². The van der Waals surface area contributed by atoms with Crippen molar-refractivity contribution in [1.29, 1.82) is 0 Å². The molecule has 29 heavy (non-hydrogen) atoms. The maximum absolute atomic E-state index is 6.13. The lowest BCUT2D eigenvalue weighted by atomic mass is 10.1. The molecule has 0 saturated carbocycles. The van der Waals surface area contributed by atoms with Gasteiger partial charge in [-0.25, -0.2) is 0 Å². The molecule has 1 saturated heterocycles. The number of aryl methyl sites for hydroxylation is 1. The van der Waals surface area contributed by atoms with Crippen LogP contribution in [0.15, 0.2) is 48.5 Å². The molecule has 1 aliphatic heterocycles. The monoisotopic (exact) mass is 429 g/mol. The third-order valence-corrected chi connectivity index (χ3v) is 6.01. The van der Waals surface area contributed by atoms with Crippen LogP contribution in [-0.2, 0) is 17.7 Å². The third-order valence-electron chi connectivity index (χ3n) is 5.76. The molecule has 1 aromatic heterocycles. The van der Waals surface area contributed by atoms with Crippen LogP contribution in [0.1, 0.15) is 17.5 Å². The number of benzene rings is 2. The number of nitrogens with zero attached hydrogens (tertiary/aromatic N) is 3. The van der Waals surface area contributed by atoms with Crippen LogP contribution in [-0.4, -0.2) is 47.5 Å². The zero-order chi connectivity index (χ0) is 18.9. The van der Waals surface area contributed by atoms with Gasteiger partial charge in [-0.3, -0.25) is 9.58 Å². The van der Waals surface area contributed by atoms with Crippen LogP contribution in [0.3, 0.4) is 0 Å². The summed E-state index contributed by atoms with van der Waals surface area (Å²) in [5, 5.41) is 5.82. The van der Waals surface area contributed by atoms with E-state index in [-0.39, 0.29) is 12.4 Å². The Bertz CT molecular complexity index is 978. The number of aromatic nitrogens is 2. The summed E-state index contributed by atoms with van der Waals surface area (Å²) < 4.78 is 7.67. The van der Waals surface area contributed by atoms with E-state index in [4.69, 9.17) is 21.4 Å². The molecule has 1 fully saturated rings. The molecule has 4 nitrogen and oxygen atoms in total. The van der Waals surface area contributed by atoms with Gasteiger partial charge in [0.2, 0.25) is 0 Å². The molecule has 1 aliphatic carbocycles. The highest BCUT2D eigenvalue weighted by atomic mass is 35.5. The molecule has 2 aromatic carbocycles. The Morgan fingerprint density at radius 3 is 2.52 bits per heavy atom. The van der Waals surface area contributed by atoms with Crippen LogP contribution in [0.5, 0.6) is 0 Å². The van der Waals surface area contributed by atoms with Gasteiger partial charge in [-0.1, -0.05) is 48.0 Å². The van der Waals surface area contributed by atoms with Gasteiger partial charge in [0.15, 0.2) is 0 Å². The molecule has 0 radical (unpaired) electrons. The van der Waals surface area contributed by atoms with Crippen LogP contribution in [0, 0.1) is 0 Å². The Morgan fingerprint density at radius 2 is 1.72 bits per heavy atom. The lowest BCUT2D eigenvalue weighted by molar-refractivity contribution is 0.0368. The quantitative estimate of drug-likeness (QED) is 0.450. The molecule has 2 aliphatic rings. The van der Waals surface area contributed by atoms with Crippen molar-refractivity contribution in [3.8, 4) is 22.5 Å². The first-order valence-corrected chi connectivity index (χ1v) is 10.4. The Morgan fingerprint density at radius 1 is 0.966 bits per heavy atom. The minimum absolute atomic E-state index is 0. The number of halogens is 2. The molecular weight excluding hydrogens is 405 g/mol. The molecule has 0 unspecified atom stereocenters. The summed E-state index contributed by atoms with van der Waals surface area (Å²) in [5.74, 6) is 0. The van der Waals surface area contributed by atoms with E-state index < -0.39 is 0 Å². The van der Waals surface area contributed by atoms with Gasteiger partial charge < -0.3 is 4.74 Å². The first kappa shape index (κ1) is 20.4. The van der Waals surface area contributed by atoms with Gasteiger partial charge in [0.25, 0.3) is 0 Å². The van der Waals surface area contributed by atoms with Gasteiger partial charge in [0.05, 0.1) is 24.6 Å². The smallest absolute Gasteiger partial charge is 0.0968 e. The Hall–Kier alpha value is -1.85. The number of hydrogen-bond acceptors (Lipinski definition) is 3. The van der Waals surface area contributed by atoms with Crippen molar-refractivity contribution in [1.82, 2.24) is 14.7 Å². The summed E-state index contributed by atoms with van der Waals surface area (Å²) in [5.41, 5.74) is 7.57. The number of ether oxygens (including phenoxy) is 1. The number of fused-ring (bicyclic) bond motifs is 3. The summed E-state index contributed by atoms with van der Waals surface area (Å²) in [6, 6.07) is 16.8. The van der Waals surface area contributed by atoms with Gasteiger partial charge in [-0.2, -0.15) is 5.10 Å². The van der Waals surface area contributed by atoms with Crippen LogP contribution < -0.4 is 0 Å². The lowest BCUT2D eigenvalue weighted by Crippen LogP contribution is -2.37. The minimum Gasteiger partial charge on any atom is -0.379 e. The molecule has 0 atom stereocenters. The van der Waals surface area contributed by atoms with E-state index in [1.54, 1.807) is 0 Å². The Labute approximate surface area is 182 Å². The summed E-state index contributed by atoms with van der Waals surface area (Å²) in [6.45, 7) is 5.78. The van der Waals surface area contributed by atoms with Crippen molar-refractivity contribution in [3.63, 3.8) is 0 Å². The summed E-state index contributed by atoms with van der Waals surface area (Å²) in [7, 11) is 0. The number of morpholine rings is 1. The Balaban J connectivity index is 0.00000205. The number of rotatable bonds is 5. The van der Waals surface area contributed by atoms with Crippen molar-refractivity contribution < 1.29 is 4.74 Å². The highest BCUT2D eigenvalue weighted by Gasteiger charge is 2.27. The first-order chi connectivity index (χ1) is 13.8. The fraction of sp³-hybridized carbons (Fsp3) is 0.348. The molecular formula is C23H25Cl2N3O. The van der Waals surface area contributed by atoms with E-state index >= 15 is 0 Å². The van der Waals surface area contributed by atoms with Crippen molar-refractivity contribution in [2.75, 3.05) is 32.8 Å². The van der Waals surface area contributed by atoms with Crippen molar-refractivity contribution in [3.05, 3.63) is 64.7 Å². The van der Waals surface area contributed by atoms with Crippen molar-refractivity contribution in [2.45, 2.75) is 19.4 Å². The van der Waals surface area contributed by atoms with Crippen LogP contribution in [0.4, 0.5) is 0 Å². The zero-order valence-corrected chi connectivity index (χ0v) is 17.9. The molecule has 2 heterocycles. The van der Waals surface area contributed by atoms with E-state index in [1.165, 1.54) is 27.9 Å². The maximum Gasteiger partial charge on any atom is 0.0968 e. The van der Waals surface area contributed by atoms with Crippen LogP contribution in [0.25, 0.3) is 22.5 Å². The summed E-state index contributed by atoms with van der Waals surface area (Å²) in [6.07, 6.45) is 2.04. The Kier molecular flexibility index (Phi) is 6.26. The van der Waals surface area contributed by atoms with E-state index in [9.17, 15) is 0 Å². The van der Waals surface area contributed by atoms with Crippen LogP contribution >= 0.6 is 24.0 Å². The van der Waals surface area contributed by atoms with E-state index in [0.29, 0.717) is 0 Å². The molecule has 0 spiro atoms. The average Bonchev–Trinajstić information content (AvgIpc) is 3.25. The molecule has 152 valence electrons. The van der Waals surface area contributed by atoms with E-state index in [1.807, 2.05) is 12.1 Å². The summed E-state index contributed by atoms with van der Waals surface area (Å²) >= 11 is 6.13. The predicted molar refractivity (Wildman–Crippen MR) is 120 cm³/mol. The third kappa shape index (κ3) is 4.08. The van der Waals surface area contributed by atoms with Crippen molar-refractivity contribution in [2.24, 2.45) is 0 Å². The fourth-order valence-corrected chi connectivity index (χ4v) is 4.47.